The van der Waals surface area contributed by atoms with Crippen molar-refractivity contribution in [2.24, 2.45) is 0 Å². The van der Waals surface area contributed by atoms with Crippen LogP contribution in [0.2, 0.25) is 0 Å². The monoisotopic (exact) mass is 456 g/mol. The Morgan fingerprint density at radius 2 is 1.66 bits per heavy atom. The molecule has 4 rings (SSSR count). The lowest BCUT2D eigenvalue weighted by Gasteiger charge is -2.33. The van der Waals surface area contributed by atoms with E-state index in [1.165, 1.54) is 52.3 Å². The van der Waals surface area contributed by atoms with E-state index >= 15 is 0 Å². The van der Waals surface area contributed by atoms with Crippen LogP contribution in [0.25, 0.3) is 5.69 Å². The molecule has 32 heavy (non-hydrogen) atoms. The SMILES string of the molecule is CC(=O)c1ccc(S(=O)(=O)N2CCN(C(=O)c3ccn(-c4cccc(F)c4)n3)CC2)cc1. The fourth-order valence-corrected chi connectivity index (χ4v) is 4.93. The van der Waals surface area contributed by atoms with Crippen molar-refractivity contribution in [1.82, 2.24) is 19.0 Å². The number of aromatic nitrogens is 2. The third kappa shape index (κ3) is 4.32. The van der Waals surface area contributed by atoms with Crippen LogP contribution in [0.3, 0.4) is 0 Å². The van der Waals surface area contributed by atoms with Crippen molar-refractivity contribution in [1.29, 1.82) is 0 Å². The van der Waals surface area contributed by atoms with E-state index in [2.05, 4.69) is 5.10 Å². The number of amides is 1. The van der Waals surface area contributed by atoms with Crippen molar-refractivity contribution < 1.29 is 22.4 Å². The zero-order valence-corrected chi connectivity index (χ0v) is 18.1. The van der Waals surface area contributed by atoms with E-state index in [0.29, 0.717) is 11.3 Å². The van der Waals surface area contributed by atoms with Gasteiger partial charge in [-0.05, 0) is 43.3 Å². The van der Waals surface area contributed by atoms with Gasteiger partial charge in [0.05, 0.1) is 10.6 Å². The predicted molar refractivity (Wildman–Crippen MR) is 115 cm³/mol. The van der Waals surface area contributed by atoms with E-state index in [1.807, 2.05) is 0 Å². The first kappa shape index (κ1) is 21.8. The molecule has 166 valence electrons. The van der Waals surface area contributed by atoms with Gasteiger partial charge < -0.3 is 4.90 Å². The first-order chi connectivity index (χ1) is 15.3. The molecule has 0 atom stereocenters. The second kappa shape index (κ2) is 8.64. The zero-order chi connectivity index (χ0) is 22.9. The van der Waals surface area contributed by atoms with E-state index in [9.17, 15) is 22.4 Å². The average molecular weight is 456 g/mol. The Labute approximate surface area is 184 Å². The molecule has 1 aliphatic rings. The van der Waals surface area contributed by atoms with Crippen LogP contribution in [-0.4, -0.2) is 65.3 Å². The molecule has 0 bridgehead atoms. The summed E-state index contributed by atoms with van der Waals surface area (Å²) in [5.74, 6) is -0.858. The van der Waals surface area contributed by atoms with Gasteiger partial charge in [-0.3, -0.25) is 9.59 Å². The molecule has 8 nitrogen and oxygen atoms in total. The Morgan fingerprint density at radius 1 is 0.969 bits per heavy atom. The van der Waals surface area contributed by atoms with Crippen LogP contribution in [0.1, 0.15) is 27.8 Å². The molecule has 0 unspecified atom stereocenters. The number of rotatable bonds is 5. The molecule has 0 saturated carbocycles. The molecule has 1 saturated heterocycles. The van der Waals surface area contributed by atoms with Crippen LogP contribution in [-0.2, 0) is 10.0 Å². The van der Waals surface area contributed by atoms with Crippen molar-refractivity contribution in [2.75, 3.05) is 26.2 Å². The van der Waals surface area contributed by atoms with Gasteiger partial charge in [0.1, 0.15) is 5.82 Å². The number of Topliss-reactive ketones (excluding diaryl/α,β-unsaturated/α-hetero) is 1. The van der Waals surface area contributed by atoms with Crippen LogP contribution >= 0.6 is 0 Å². The largest absolute Gasteiger partial charge is 0.335 e. The highest BCUT2D eigenvalue weighted by molar-refractivity contribution is 7.89. The average Bonchev–Trinajstić information content (AvgIpc) is 3.29. The molecule has 0 N–H and O–H groups in total. The second-order valence-electron chi connectivity index (χ2n) is 7.40. The molecule has 10 heteroatoms. The molecule has 3 aromatic rings. The smallest absolute Gasteiger partial charge is 0.274 e. The third-order valence-electron chi connectivity index (χ3n) is 5.31. The van der Waals surface area contributed by atoms with Crippen molar-refractivity contribution >= 4 is 21.7 Å². The van der Waals surface area contributed by atoms with Gasteiger partial charge in [0, 0.05) is 37.9 Å². The van der Waals surface area contributed by atoms with Crippen LogP contribution in [0.4, 0.5) is 4.39 Å². The van der Waals surface area contributed by atoms with E-state index in [0.717, 1.165) is 0 Å². The summed E-state index contributed by atoms with van der Waals surface area (Å²) < 4.78 is 42.0. The molecule has 0 spiro atoms. The standard InChI is InChI=1S/C22H21FN4O4S/c1-16(28)17-5-7-20(8-6-17)32(30,31)26-13-11-25(12-14-26)22(29)21-9-10-27(24-21)19-4-2-3-18(23)15-19/h2-10,15H,11-14H2,1H3. The minimum atomic E-state index is -3.73. The Morgan fingerprint density at radius 3 is 2.28 bits per heavy atom. The maximum Gasteiger partial charge on any atom is 0.274 e. The Balaban J connectivity index is 1.42. The molecule has 1 fully saturated rings. The van der Waals surface area contributed by atoms with Gasteiger partial charge in [-0.2, -0.15) is 9.40 Å². The zero-order valence-electron chi connectivity index (χ0n) is 17.3. The van der Waals surface area contributed by atoms with Gasteiger partial charge in [-0.25, -0.2) is 17.5 Å². The normalized spacial score (nSPS) is 15.0. The van der Waals surface area contributed by atoms with E-state index in [1.54, 1.807) is 29.3 Å². The third-order valence-corrected chi connectivity index (χ3v) is 7.22. The highest BCUT2D eigenvalue weighted by Crippen LogP contribution is 2.19. The van der Waals surface area contributed by atoms with Gasteiger partial charge in [0.2, 0.25) is 10.0 Å². The Hall–Kier alpha value is -3.37. The molecular weight excluding hydrogens is 435 g/mol. The van der Waals surface area contributed by atoms with E-state index in [-0.39, 0.29) is 48.5 Å². The minimum Gasteiger partial charge on any atom is -0.335 e. The number of sulfonamides is 1. The molecule has 0 radical (unpaired) electrons. The fourth-order valence-electron chi connectivity index (χ4n) is 3.50. The lowest BCUT2D eigenvalue weighted by molar-refractivity contribution is 0.0691. The van der Waals surface area contributed by atoms with Crippen molar-refractivity contribution in [3.8, 4) is 5.69 Å². The Bertz CT molecular complexity index is 1260. The summed E-state index contributed by atoms with van der Waals surface area (Å²) in [5, 5.41) is 4.23. The van der Waals surface area contributed by atoms with Gasteiger partial charge in [0.15, 0.2) is 11.5 Å². The molecule has 2 aromatic carbocycles. The molecule has 1 aliphatic heterocycles. The van der Waals surface area contributed by atoms with Crippen LogP contribution < -0.4 is 0 Å². The van der Waals surface area contributed by atoms with Crippen LogP contribution in [0.5, 0.6) is 0 Å². The molecule has 2 heterocycles. The summed E-state index contributed by atoms with van der Waals surface area (Å²) in [7, 11) is -3.73. The lowest BCUT2D eigenvalue weighted by Crippen LogP contribution is -2.50. The predicted octanol–water partition coefficient (Wildman–Crippen LogP) is 2.36. The molecule has 0 aliphatic carbocycles. The maximum atomic E-state index is 13.4. The van der Waals surface area contributed by atoms with Gasteiger partial charge in [-0.15, -0.1) is 0 Å². The van der Waals surface area contributed by atoms with Gasteiger partial charge in [-0.1, -0.05) is 18.2 Å². The number of halogens is 1. The highest BCUT2D eigenvalue weighted by atomic mass is 32.2. The topological polar surface area (TPSA) is 92.6 Å². The number of carbonyl (C=O) groups excluding carboxylic acids is 2. The Kier molecular flexibility index (Phi) is 5.90. The first-order valence-electron chi connectivity index (χ1n) is 9.98. The summed E-state index contributed by atoms with van der Waals surface area (Å²) in [4.78, 5) is 25.9. The summed E-state index contributed by atoms with van der Waals surface area (Å²) >= 11 is 0. The number of nitrogens with zero attached hydrogens (tertiary/aromatic N) is 4. The number of hydrogen-bond acceptors (Lipinski definition) is 5. The van der Waals surface area contributed by atoms with Gasteiger partial charge in [0.25, 0.3) is 5.91 Å². The minimum absolute atomic E-state index is 0.108. The summed E-state index contributed by atoms with van der Waals surface area (Å²) in [6, 6.07) is 13.2. The summed E-state index contributed by atoms with van der Waals surface area (Å²) in [6.45, 7) is 2.15. The number of hydrogen-bond donors (Lipinski definition) is 0. The quantitative estimate of drug-likeness (QED) is 0.550. The molecule has 1 amide bonds. The molecular formula is C22H21FN4O4S. The summed E-state index contributed by atoms with van der Waals surface area (Å²) in [6.07, 6.45) is 1.58. The lowest BCUT2D eigenvalue weighted by atomic mass is 10.2. The van der Waals surface area contributed by atoms with Crippen molar-refractivity contribution in [3.63, 3.8) is 0 Å². The van der Waals surface area contributed by atoms with E-state index in [4.69, 9.17) is 0 Å². The first-order valence-corrected chi connectivity index (χ1v) is 11.4. The fraction of sp³-hybridized carbons (Fsp3) is 0.227. The van der Waals surface area contributed by atoms with E-state index < -0.39 is 15.8 Å². The number of benzene rings is 2. The van der Waals surface area contributed by atoms with Crippen LogP contribution in [0, 0.1) is 5.82 Å². The van der Waals surface area contributed by atoms with Crippen LogP contribution in [0.15, 0.2) is 65.7 Å². The molecule has 1 aromatic heterocycles. The van der Waals surface area contributed by atoms with Crippen molar-refractivity contribution in [2.45, 2.75) is 11.8 Å². The summed E-state index contributed by atoms with van der Waals surface area (Å²) in [5.41, 5.74) is 1.14. The second-order valence-corrected chi connectivity index (χ2v) is 9.34. The van der Waals surface area contributed by atoms with Crippen molar-refractivity contribution in [3.05, 3.63) is 77.9 Å². The van der Waals surface area contributed by atoms with Gasteiger partial charge >= 0.3 is 0 Å². The number of carbonyl (C=O) groups is 2. The number of piperazine rings is 1. The maximum absolute atomic E-state index is 13.4. The number of ketones is 1. The highest BCUT2D eigenvalue weighted by Gasteiger charge is 2.31.